The lowest BCUT2D eigenvalue weighted by atomic mass is 10.0. The fourth-order valence-corrected chi connectivity index (χ4v) is 5.76. The molecule has 10 nitrogen and oxygen atoms in total. The number of halogens is 2. The van der Waals surface area contributed by atoms with Gasteiger partial charge in [-0.1, -0.05) is 29.8 Å². The average molecular weight is 588 g/mol. The van der Waals surface area contributed by atoms with Crippen molar-refractivity contribution >= 4 is 51.5 Å². The summed E-state index contributed by atoms with van der Waals surface area (Å²) >= 11 is 13.2. The van der Waals surface area contributed by atoms with Crippen LogP contribution >= 0.6 is 23.2 Å². The summed E-state index contributed by atoms with van der Waals surface area (Å²) in [6, 6.07) is 4.83. The molecule has 2 aliphatic rings. The number of rotatable bonds is 8. The smallest absolute Gasteiger partial charge is 0.243 e. The van der Waals surface area contributed by atoms with Crippen molar-refractivity contribution < 1.29 is 24.1 Å². The molecule has 3 aromatic rings. The summed E-state index contributed by atoms with van der Waals surface area (Å²) in [5.74, 6) is 1.23. The normalized spacial score (nSPS) is 20.9. The van der Waals surface area contributed by atoms with E-state index in [1.165, 1.54) is 19.3 Å². The maximum Gasteiger partial charge on any atom is 0.243 e. The van der Waals surface area contributed by atoms with Crippen LogP contribution in [-0.2, 0) is 14.3 Å². The number of nitrogens with one attached hydrogen (secondary N) is 2. The minimum absolute atomic E-state index is 0.0709. The van der Waals surface area contributed by atoms with Gasteiger partial charge in [0.2, 0.25) is 5.91 Å². The number of fused-ring (bicyclic) bond motifs is 1. The number of hydrogen-bond donors (Lipinski definition) is 3. The lowest BCUT2D eigenvalue weighted by Gasteiger charge is -2.33. The minimum Gasteiger partial charge on any atom is -0.506 e. The van der Waals surface area contributed by atoms with Gasteiger partial charge in [0.25, 0.3) is 0 Å². The lowest BCUT2D eigenvalue weighted by molar-refractivity contribution is -0.117. The van der Waals surface area contributed by atoms with E-state index in [1.807, 2.05) is 12.1 Å². The second kappa shape index (κ2) is 12.1. The van der Waals surface area contributed by atoms with Gasteiger partial charge in [0.05, 0.1) is 47.6 Å². The second-order valence-electron chi connectivity index (χ2n) is 9.75. The molecule has 2 saturated heterocycles. The molecule has 0 bridgehead atoms. The molecule has 1 aromatic carbocycles. The van der Waals surface area contributed by atoms with Gasteiger partial charge in [0, 0.05) is 55.4 Å². The number of benzene rings is 1. The maximum absolute atomic E-state index is 12.0. The predicted molar refractivity (Wildman–Crippen MR) is 156 cm³/mol. The van der Waals surface area contributed by atoms with E-state index in [-0.39, 0.29) is 45.6 Å². The third kappa shape index (κ3) is 5.62. The summed E-state index contributed by atoms with van der Waals surface area (Å²) in [4.78, 5) is 23.8. The van der Waals surface area contributed by atoms with Crippen molar-refractivity contribution in [2.75, 3.05) is 50.7 Å². The molecule has 0 saturated carbocycles. The van der Waals surface area contributed by atoms with E-state index >= 15 is 0 Å². The van der Waals surface area contributed by atoms with E-state index in [2.05, 4.69) is 27.1 Å². The molecule has 212 valence electrons. The van der Waals surface area contributed by atoms with Crippen LogP contribution in [0.2, 0.25) is 10.0 Å². The Kier molecular flexibility index (Phi) is 8.51. The highest BCUT2D eigenvalue weighted by Gasteiger charge is 2.29. The molecule has 3 atom stereocenters. The predicted octanol–water partition coefficient (Wildman–Crippen LogP) is 4.41. The van der Waals surface area contributed by atoms with Crippen LogP contribution in [0.1, 0.15) is 12.8 Å². The highest BCUT2D eigenvalue weighted by atomic mass is 35.5. The highest BCUT2D eigenvalue weighted by Crippen LogP contribution is 2.46. The number of carbonyl (C=O) groups excluding carboxylic acids is 1. The summed E-state index contributed by atoms with van der Waals surface area (Å²) in [5.41, 5.74) is 0.844. The first-order valence-electron chi connectivity index (χ1n) is 12.9. The molecule has 40 heavy (non-hydrogen) atoms. The zero-order chi connectivity index (χ0) is 28.4. The van der Waals surface area contributed by atoms with Gasteiger partial charge in [0.1, 0.15) is 23.1 Å². The minimum atomic E-state index is -0.230. The first kappa shape index (κ1) is 28.2. The third-order valence-corrected chi connectivity index (χ3v) is 8.06. The number of aromatic nitrogens is 2. The Labute approximate surface area is 242 Å². The SMILES string of the molecule is C=CC(=O)N[C@H]1CCOC[C@H]1Nc1cc2c(N3CCC(OC)C3)nc(-c3c(Cl)c(O)cc(OC)c3Cl)cc2cn1. The first-order valence-corrected chi connectivity index (χ1v) is 13.7. The zero-order valence-corrected chi connectivity index (χ0v) is 23.8. The van der Waals surface area contributed by atoms with Crippen LogP contribution in [0.15, 0.2) is 37.1 Å². The Bertz CT molecular complexity index is 1440. The van der Waals surface area contributed by atoms with Crippen LogP contribution < -0.4 is 20.3 Å². The van der Waals surface area contributed by atoms with Crippen molar-refractivity contribution in [1.82, 2.24) is 15.3 Å². The van der Waals surface area contributed by atoms with Gasteiger partial charge in [0.15, 0.2) is 0 Å². The summed E-state index contributed by atoms with van der Waals surface area (Å²) in [7, 11) is 3.17. The summed E-state index contributed by atoms with van der Waals surface area (Å²) in [6.07, 6.45) is 4.61. The number of phenols is 1. The third-order valence-electron chi connectivity index (χ3n) is 7.30. The quantitative estimate of drug-likeness (QED) is 0.329. The molecule has 0 radical (unpaired) electrons. The Morgan fingerprint density at radius 2 is 2.05 bits per heavy atom. The van der Waals surface area contributed by atoms with Gasteiger partial charge in [-0.3, -0.25) is 4.79 Å². The molecular formula is C28H31Cl2N5O5. The summed E-state index contributed by atoms with van der Waals surface area (Å²) < 4.78 is 16.6. The molecule has 12 heteroatoms. The topological polar surface area (TPSA) is 118 Å². The van der Waals surface area contributed by atoms with Crippen LogP contribution in [0.4, 0.5) is 11.6 Å². The van der Waals surface area contributed by atoms with E-state index in [4.69, 9.17) is 42.4 Å². The van der Waals surface area contributed by atoms with Gasteiger partial charge in [-0.15, -0.1) is 0 Å². The molecule has 0 aliphatic carbocycles. The number of nitrogens with zero attached hydrogens (tertiary/aromatic N) is 3. The van der Waals surface area contributed by atoms with E-state index in [9.17, 15) is 9.90 Å². The molecule has 2 aromatic heterocycles. The van der Waals surface area contributed by atoms with Crippen LogP contribution in [0.25, 0.3) is 22.0 Å². The van der Waals surface area contributed by atoms with Crippen molar-refractivity contribution in [3.05, 3.63) is 47.1 Å². The Hall–Kier alpha value is -3.31. The molecule has 5 rings (SSSR count). The maximum atomic E-state index is 12.0. The number of anilines is 2. The van der Waals surface area contributed by atoms with Crippen LogP contribution in [0, 0.1) is 0 Å². The number of phenolic OH excluding ortho intramolecular Hbond substituents is 1. The molecule has 3 N–H and O–H groups in total. The molecule has 1 unspecified atom stereocenters. The van der Waals surface area contributed by atoms with Crippen molar-refractivity contribution in [1.29, 1.82) is 0 Å². The van der Waals surface area contributed by atoms with E-state index in [1.54, 1.807) is 13.3 Å². The number of aromatic hydroxyl groups is 1. The lowest BCUT2D eigenvalue weighted by Crippen LogP contribution is -2.52. The molecule has 4 heterocycles. The van der Waals surface area contributed by atoms with Crippen molar-refractivity contribution in [3.63, 3.8) is 0 Å². The zero-order valence-electron chi connectivity index (χ0n) is 22.2. The fraction of sp³-hybridized carbons (Fsp3) is 0.393. The second-order valence-corrected chi connectivity index (χ2v) is 10.5. The number of amides is 1. The highest BCUT2D eigenvalue weighted by molar-refractivity contribution is 6.41. The molecular weight excluding hydrogens is 557 g/mol. The van der Waals surface area contributed by atoms with Crippen LogP contribution in [-0.4, -0.2) is 79.7 Å². The van der Waals surface area contributed by atoms with Crippen molar-refractivity contribution in [2.24, 2.45) is 0 Å². The summed E-state index contributed by atoms with van der Waals surface area (Å²) in [6.45, 7) is 5.93. The molecule has 2 fully saturated rings. The number of pyridine rings is 2. The Balaban J connectivity index is 1.58. The number of hydrogen-bond acceptors (Lipinski definition) is 9. The fourth-order valence-electron chi connectivity index (χ4n) is 5.15. The first-order chi connectivity index (χ1) is 19.3. The summed E-state index contributed by atoms with van der Waals surface area (Å²) in [5, 5.41) is 18.9. The van der Waals surface area contributed by atoms with Gasteiger partial charge in [-0.2, -0.15) is 0 Å². The van der Waals surface area contributed by atoms with Gasteiger partial charge < -0.3 is 34.9 Å². The monoisotopic (exact) mass is 587 g/mol. The molecule has 2 aliphatic heterocycles. The van der Waals surface area contributed by atoms with E-state index in [0.29, 0.717) is 49.1 Å². The van der Waals surface area contributed by atoms with E-state index < -0.39 is 0 Å². The van der Waals surface area contributed by atoms with Gasteiger partial charge in [-0.25, -0.2) is 9.97 Å². The largest absolute Gasteiger partial charge is 0.506 e. The Morgan fingerprint density at radius 3 is 2.77 bits per heavy atom. The average Bonchev–Trinajstić information content (AvgIpc) is 3.45. The standard InChI is InChI=1S/C28H31Cl2N5O5/c1-4-24(37)33-18-6-8-40-14-20(18)32-23-10-17-15(12-31-23)9-19(34-28(17)35-7-5-16(13-35)38-2)25-26(29)21(36)11-22(39-3)27(25)30/h4,9-12,16,18,20,36H,1,5-8,13-14H2,2-3H3,(H,31,32)(H,33,37)/t16?,18-,20+/m0/s1. The van der Waals surface area contributed by atoms with Crippen LogP contribution in [0.5, 0.6) is 11.5 Å². The number of carbonyl (C=O) groups is 1. The van der Waals surface area contributed by atoms with Gasteiger partial charge >= 0.3 is 0 Å². The van der Waals surface area contributed by atoms with Crippen molar-refractivity contribution in [3.8, 4) is 22.8 Å². The van der Waals surface area contributed by atoms with Gasteiger partial charge in [-0.05, 0) is 31.1 Å². The van der Waals surface area contributed by atoms with Crippen molar-refractivity contribution in [2.45, 2.75) is 31.0 Å². The number of ether oxygens (including phenoxy) is 3. The molecule has 0 spiro atoms. The molecule has 1 amide bonds. The Morgan fingerprint density at radius 1 is 1.23 bits per heavy atom. The van der Waals surface area contributed by atoms with Crippen LogP contribution in [0.3, 0.4) is 0 Å². The number of methoxy groups -OCH3 is 2. The van der Waals surface area contributed by atoms with E-state index in [0.717, 1.165) is 23.7 Å².